The third kappa shape index (κ3) is 4.85. The summed E-state index contributed by atoms with van der Waals surface area (Å²) in [6, 6.07) is 6.65. The number of benzene rings is 1. The standard InChI is InChI=1S/C19H30N2O2/c1-17-16-18(21-9-3-2-4-10-21)6-7-19(17)23-13-5-8-20-11-14-22-15-12-20/h6-7,16H,2-5,8-15H2,1H3. The highest BCUT2D eigenvalue weighted by Gasteiger charge is 2.12. The van der Waals surface area contributed by atoms with E-state index in [1.807, 2.05) is 0 Å². The minimum absolute atomic E-state index is 0.793. The Labute approximate surface area is 140 Å². The lowest BCUT2D eigenvalue weighted by Gasteiger charge is -2.29. The molecule has 3 rings (SSSR count). The fraction of sp³-hybridized carbons (Fsp3) is 0.684. The number of piperidine rings is 1. The zero-order valence-corrected chi connectivity index (χ0v) is 14.4. The third-order valence-corrected chi connectivity index (χ3v) is 4.86. The minimum Gasteiger partial charge on any atom is -0.493 e. The highest BCUT2D eigenvalue weighted by Crippen LogP contribution is 2.26. The molecule has 23 heavy (non-hydrogen) atoms. The van der Waals surface area contributed by atoms with E-state index in [1.54, 1.807) is 0 Å². The predicted molar refractivity (Wildman–Crippen MR) is 94.6 cm³/mol. The SMILES string of the molecule is Cc1cc(N2CCCCC2)ccc1OCCCN1CCOCC1. The summed E-state index contributed by atoms with van der Waals surface area (Å²) >= 11 is 0. The number of aryl methyl sites for hydroxylation is 1. The van der Waals surface area contributed by atoms with Gasteiger partial charge >= 0.3 is 0 Å². The average Bonchev–Trinajstić information content (AvgIpc) is 2.61. The Morgan fingerprint density at radius 2 is 1.83 bits per heavy atom. The fourth-order valence-electron chi connectivity index (χ4n) is 3.44. The van der Waals surface area contributed by atoms with Gasteiger partial charge in [0.2, 0.25) is 0 Å². The Kier molecular flexibility index (Phi) is 6.17. The highest BCUT2D eigenvalue weighted by atomic mass is 16.5. The van der Waals surface area contributed by atoms with Crippen LogP contribution in [0.2, 0.25) is 0 Å². The Morgan fingerprint density at radius 1 is 1.04 bits per heavy atom. The van der Waals surface area contributed by atoms with Crippen LogP contribution in [0, 0.1) is 6.92 Å². The first-order chi connectivity index (χ1) is 11.3. The average molecular weight is 318 g/mol. The number of ether oxygens (including phenoxy) is 2. The van der Waals surface area contributed by atoms with Crippen molar-refractivity contribution in [1.82, 2.24) is 4.90 Å². The molecule has 2 heterocycles. The van der Waals surface area contributed by atoms with Crippen molar-refractivity contribution in [3.05, 3.63) is 23.8 Å². The summed E-state index contributed by atoms with van der Waals surface area (Å²) in [6.45, 7) is 10.3. The zero-order valence-electron chi connectivity index (χ0n) is 14.4. The summed E-state index contributed by atoms with van der Waals surface area (Å²) in [5, 5.41) is 0. The lowest BCUT2D eigenvalue weighted by Crippen LogP contribution is -2.37. The minimum atomic E-state index is 0.793. The summed E-state index contributed by atoms with van der Waals surface area (Å²) in [5.41, 5.74) is 2.60. The molecule has 0 radical (unpaired) electrons. The molecule has 2 fully saturated rings. The first-order valence-corrected chi connectivity index (χ1v) is 9.11. The van der Waals surface area contributed by atoms with Crippen molar-refractivity contribution in [3.63, 3.8) is 0 Å². The van der Waals surface area contributed by atoms with Gasteiger partial charge in [0.1, 0.15) is 5.75 Å². The van der Waals surface area contributed by atoms with Crippen LogP contribution in [0.3, 0.4) is 0 Å². The second-order valence-electron chi connectivity index (χ2n) is 6.65. The largest absolute Gasteiger partial charge is 0.493 e. The lowest BCUT2D eigenvalue weighted by atomic mass is 10.1. The molecule has 128 valence electrons. The van der Waals surface area contributed by atoms with E-state index >= 15 is 0 Å². The van der Waals surface area contributed by atoms with Crippen molar-refractivity contribution >= 4 is 5.69 Å². The van der Waals surface area contributed by atoms with Gasteiger partial charge in [-0.3, -0.25) is 4.90 Å². The van der Waals surface area contributed by atoms with E-state index in [9.17, 15) is 0 Å². The summed E-state index contributed by atoms with van der Waals surface area (Å²) in [5.74, 6) is 1.03. The molecule has 0 aliphatic carbocycles. The van der Waals surface area contributed by atoms with Gasteiger partial charge in [-0.15, -0.1) is 0 Å². The number of morpholine rings is 1. The molecule has 0 N–H and O–H groups in total. The molecule has 4 nitrogen and oxygen atoms in total. The Bertz CT molecular complexity index is 480. The monoisotopic (exact) mass is 318 g/mol. The lowest BCUT2D eigenvalue weighted by molar-refractivity contribution is 0.0358. The maximum absolute atomic E-state index is 5.99. The van der Waals surface area contributed by atoms with Gasteiger partial charge in [0.15, 0.2) is 0 Å². The second kappa shape index (κ2) is 8.55. The molecule has 0 saturated carbocycles. The molecule has 0 unspecified atom stereocenters. The first-order valence-electron chi connectivity index (χ1n) is 9.11. The van der Waals surface area contributed by atoms with Gasteiger partial charge < -0.3 is 14.4 Å². The van der Waals surface area contributed by atoms with Crippen molar-refractivity contribution in [2.45, 2.75) is 32.6 Å². The predicted octanol–water partition coefficient (Wildman–Crippen LogP) is 3.09. The van der Waals surface area contributed by atoms with E-state index in [1.165, 1.54) is 43.6 Å². The molecule has 4 heteroatoms. The Morgan fingerprint density at radius 3 is 2.57 bits per heavy atom. The summed E-state index contributed by atoms with van der Waals surface area (Å²) in [4.78, 5) is 4.96. The van der Waals surface area contributed by atoms with Crippen LogP contribution in [0.5, 0.6) is 5.75 Å². The first kappa shape index (κ1) is 16.6. The molecule has 1 aromatic rings. The van der Waals surface area contributed by atoms with Crippen LogP contribution < -0.4 is 9.64 Å². The number of hydrogen-bond donors (Lipinski definition) is 0. The molecule has 0 amide bonds. The van der Waals surface area contributed by atoms with Gasteiger partial charge in [-0.05, 0) is 56.4 Å². The molecule has 0 spiro atoms. The number of rotatable bonds is 6. The van der Waals surface area contributed by atoms with Crippen molar-refractivity contribution < 1.29 is 9.47 Å². The topological polar surface area (TPSA) is 24.9 Å². The Balaban J connectivity index is 1.44. The van der Waals surface area contributed by atoms with Gasteiger partial charge in [-0.25, -0.2) is 0 Å². The number of hydrogen-bond acceptors (Lipinski definition) is 4. The molecular formula is C19H30N2O2. The molecule has 0 aromatic heterocycles. The van der Waals surface area contributed by atoms with Crippen molar-refractivity contribution in [1.29, 1.82) is 0 Å². The van der Waals surface area contributed by atoms with Crippen molar-refractivity contribution in [2.24, 2.45) is 0 Å². The summed E-state index contributed by atoms with van der Waals surface area (Å²) in [7, 11) is 0. The van der Waals surface area contributed by atoms with E-state index in [0.717, 1.165) is 51.6 Å². The zero-order chi connectivity index (χ0) is 15.9. The Hall–Kier alpha value is -1.26. The fourth-order valence-corrected chi connectivity index (χ4v) is 3.44. The molecule has 2 saturated heterocycles. The van der Waals surface area contributed by atoms with Crippen molar-refractivity contribution in [2.75, 3.05) is 57.4 Å². The summed E-state index contributed by atoms with van der Waals surface area (Å²) in [6.07, 6.45) is 5.09. The van der Waals surface area contributed by atoms with E-state index in [0.29, 0.717) is 0 Å². The quantitative estimate of drug-likeness (QED) is 0.753. The maximum Gasteiger partial charge on any atom is 0.122 e. The molecule has 2 aliphatic rings. The molecular weight excluding hydrogens is 288 g/mol. The van der Waals surface area contributed by atoms with Gasteiger partial charge in [0.05, 0.1) is 19.8 Å². The molecule has 2 aliphatic heterocycles. The van der Waals surface area contributed by atoms with Gasteiger partial charge in [0.25, 0.3) is 0 Å². The van der Waals surface area contributed by atoms with Crippen LogP contribution in [-0.4, -0.2) is 57.4 Å². The van der Waals surface area contributed by atoms with Crippen LogP contribution in [0.4, 0.5) is 5.69 Å². The second-order valence-corrected chi connectivity index (χ2v) is 6.65. The van der Waals surface area contributed by atoms with Crippen LogP contribution in [0.15, 0.2) is 18.2 Å². The van der Waals surface area contributed by atoms with Gasteiger partial charge in [-0.1, -0.05) is 0 Å². The van der Waals surface area contributed by atoms with Gasteiger partial charge in [0, 0.05) is 38.4 Å². The van der Waals surface area contributed by atoms with E-state index < -0.39 is 0 Å². The van der Waals surface area contributed by atoms with E-state index in [4.69, 9.17) is 9.47 Å². The number of anilines is 1. The van der Waals surface area contributed by atoms with E-state index in [-0.39, 0.29) is 0 Å². The van der Waals surface area contributed by atoms with Crippen molar-refractivity contribution in [3.8, 4) is 5.75 Å². The summed E-state index contributed by atoms with van der Waals surface area (Å²) < 4.78 is 11.4. The maximum atomic E-state index is 5.99. The molecule has 0 atom stereocenters. The van der Waals surface area contributed by atoms with Crippen LogP contribution in [-0.2, 0) is 4.74 Å². The molecule has 1 aromatic carbocycles. The third-order valence-electron chi connectivity index (χ3n) is 4.86. The van der Waals surface area contributed by atoms with Crippen LogP contribution >= 0.6 is 0 Å². The van der Waals surface area contributed by atoms with Crippen LogP contribution in [0.1, 0.15) is 31.2 Å². The highest BCUT2D eigenvalue weighted by molar-refractivity contribution is 5.53. The number of nitrogens with zero attached hydrogens (tertiary/aromatic N) is 2. The van der Waals surface area contributed by atoms with Gasteiger partial charge in [-0.2, -0.15) is 0 Å². The van der Waals surface area contributed by atoms with E-state index in [2.05, 4.69) is 34.9 Å². The smallest absolute Gasteiger partial charge is 0.122 e. The normalized spacial score (nSPS) is 19.8. The molecule has 0 bridgehead atoms. The van der Waals surface area contributed by atoms with Crippen LogP contribution in [0.25, 0.3) is 0 Å².